The zero-order valence-corrected chi connectivity index (χ0v) is 7.48. The van der Waals surface area contributed by atoms with Gasteiger partial charge in [-0.05, 0) is 17.5 Å². The molecule has 1 unspecified atom stereocenters. The van der Waals surface area contributed by atoms with Gasteiger partial charge in [-0.1, -0.05) is 24.3 Å². The zero-order chi connectivity index (χ0) is 11.4. The average molecular weight is 198 g/mol. The molecule has 1 aromatic rings. The zero-order valence-electron chi connectivity index (χ0n) is 8.48. The van der Waals surface area contributed by atoms with Gasteiger partial charge in [0.1, 0.15) is 12.7 Å². The molecule has 3 N–H and O–H groups in total. The highest BCUT2D eigenvalue weighted by Crippen LogP contribution is 2.07. The van der Waals surface area contributed by atoms with E-state index in [0.717, 1.165) is 0 Å². The Hall–Kier alpha value is -1.42. The van der Waals surface area contributed by atoms with Crippen molar-refractivity contribution in [1.29, 1.82) is 0 Å². The number of halogens is 1. The van der Waals surface area contributed by atoms with Crippen LogP contribution in [0.3, 0.4) is 0 Å². The molecule has 0 amide bonds. The smallest absolute Gasteiger partial charge is 0.320 e. The highest BCUT2D eigenvalue weighted by atomic mass is 19.1. The van der Waals surface area contributed by atoms with E-state index in [2.05, 4.69) is 0 Å². The summed E-state index contributed by atoms with van der Waals surface area (Å²) in [7, 11) is 0. The summed E-state index contributed by atoms with van der Waals surface area (Å²) in [6.07, 6.45) is 0.199. The number of nitrogens with two attached hydrogens (primary N) is 1. The van der Waals surface area contributed by atoms with Crippen LogP contribution in [0.1, 0.15) is 12.5 Å². The van der Waals surface area contributed by atoms with E-state index in [0.29, 0.717) is 5.56 Å². The molecule has 2 atom stereocenters. The summed E-state index contributed by atoms with van der Waals surface area (Å²) < 4.78 is 19.3. The second kappa shape index (κ2) is 4.72. The van der Waals surface area contributed by atoms with E-state index in [4.69, 9.17) is 12.2 Å². The monoisotopic (exact) mass is 198 g/mol. The van der Waals surface area contributed by atoms with Crippen molar-refractivity contribution < 1.29 is 15.7 Å². The SMILES string of the molecule is [2H]C(F)c1ccc(C[C@H](N)C(=O)O)cc1. The quantitative estimate of drug-likeness (QED) is 0.761. The lowest BCUT2D eigenvalue weighted by Crippen LogP contribution is -2.32. The minimum Gasteiger partial charge on any atom is -0.480 e. The summed E-state index contributed by atoms with van der Waals surface area (Å²) in [5, 5.41) is 8.57. The second-order valence-electron chi connectivity index (χ2n) is 3.00. The highest BCUT2D eigenvalue weighted by molar-refractivity contribution is 5.73. The van der Waals surface area contributed by atoms with Crippen molar-refractivity contribution in [2.75, 3.05) is 0 Å². The third kappa shape index (κ3) is 2.81. The normalized spacial score (nSPS) is 15.7. The van der Waals surface area contributed by atoms with Gasteiger partial charge in [0.15, 0.2) is 0 Å². The second-order valence-corrected chi connectivity index (χ2v) is 3.00. The first-order valence-corrected chi connectivity index (χ1v) is 4.14. The summed E-state index contributed by atoms with van der Waals surface area (Å²) in [5.74, 6) is -1.07. The van der Waals surface area contributed by atoms with E-state index in [1.807, 2.05) is 0 Å². The topological polar surface area (TPSA) is 63.3 Å². The van der Waals surface area contributed by atoms with Crippen LogP contribution in [0, 0.1) is 0 Å². The fourth-order valence-corrected chi connectivity index (χ4v) is 1.07. The maximum atomic E-state index is 12.5. The molecule has 0 fully saturated rings. The Morgan fingerprint density at radius 3 is 2.43 bits per heavy atom. The van der Waals surface area contributed by atoms with Gasteiger partial charge in [-0.3, -0.25) is 4.79 Å². The molecule has 0 aliphatic carbocycles. The van der Waals surface area contributed by atoms with Gasteiger partial charge in [0.2, 0.25) is 0 Å². The Balaban J connectivity index is 2.68. The molecule has 1 aromatic carbocycles. The summed E-state index contributed by atoms with van der Waals surface area (Å²) >= 11 is 0. The molecule has 0 saturated carbocycles. The van der Waals surface area contributed by atoms with Gasteiger partial charge in [0, 0.05) is 0 Å². The van der Waals surface area contributed by atoms with Crippen molar-refractivity contribution in [3.05, 3.63) is 35.4 Å². The first-order chi connectivity index (χ1) is 7.00. The summed E-state index contributed by atoms with van der Waals surface area (Å²) in [4.78, 5) is 10.5. The molecule has 0 saturated heterocycles. The molecule has 0 aliphatic heterocycles. The van der Waals surface area contributed by atoms with Gasteiger partial charge in [-0.2, -0.15) is 0 Å². The number of carboxylic acids is 1. The Morgan fingerprint density at radius 1 is 1.50 bits per heavy atom. The minimum absolute atomic E-state index is 0.199. The van der Waals surface area contributed by atoms with Gasteiger partial charge in [0.05, 0.1) is 1.37 Å². The maximum Gasteiger partial charge on any atom is 0.320 e. The fraction of sp³-hybridized carbons (Fsp3) is 0.300. The van der Waals surface area contributed by atoms with Crippen molar-refractivity contribution in [2.24, 2.45) is 5.73 Å². The Kier molecular flexibility index (Phi) is 3.08. The van der Waals surface area contributed by atoms with Crippen LogP contribution in [-0.2, 0) is 17.9 Å². The standard InChI is InChI=1S/C10H12FNO2/c11-6-8-3-1-7(2-4-8)5-9(12)10(13)14/h1-4,9H,5-6,12H2,(H,13,14)/t9-/m0/s1/i6D/t6?,9-. The van der Waals surface area contributed by atoms with Gasteiger partial charge in [0.25, 0.3) is 0 Å². The lowest BCUT2D eigenvalue weighted by atomic mass is 10.1. The molecule has 4 heteroatoms. The molecule has 0 bridgehead atoms. The molecule has 0 heterocycles. The van der Waals surface area contributed by atoms with E-state index >= 15 is 0 Å². The van der Waals surface area contributed by atoms with Gasteiger partial charge in [-0.25, -0.2) is 4.39 Å². The van der Waals surface area contributed by atoms with E-state index in [1.165, 1.54) is 12.1 Å². The molecular weight excluding hydrogens is 185 g/mol. The van der Waals surface area contributed by atoms with Crippen molar-refractivity contribution >= 4 is 5.97 Å². The lowest BCUT2D eigenvalue weighted by Gasteiger charge is -2.06. The van der Waals surface area contributed by atoms with Gasteiger partial charge >= 0.3 is 5.97 Å². The molecule has 76 valence electrons. The third-order valence-electron chi connectivity index (χ3n) is 1.88. The van der Waals surface area contributed by atoms with Gasteiger partial charge in [-0.15, -0.1) is 0 Å². The summed E-state index contributed by atoms with van der Waals surface area (Å²) in [6, 6.07) is 5.13. The fourth-order valence-electron chi connectivity index (χ4n) is 1.07. The van der Waals surface area contributed by atoms with Crippen LogP contribution in [0.2, 0.25) is 0 Å². The predicted octanol–water partition coefficient (Wildman–Crippen LogP) is 1.11. The third-order valence-corrected chi connectivity index (χ3v) is 1.88. The van der Waals surface area contributed by atoms with E-state index in [9.17, 15) is 9.18 Å². The molecule has 0 aliphatic rings. The van der Waals surface area contributed by atoms with E-state index in [-0.39, 0.29) is 12.0 Å². The van der Waals surface area contributed by atoms with Crippen molar-refractivity contribution in [3.63, 3.8) is 0 Å². The van der Waals surface area contributed by atoms with Crippen LogP contribution < -0.4 is 5.73 Å². The molecular formula is C10H12FNO2. The Morgan fingerprint density at radius 2 is 2.00 bits per heavy atom. The maximum absolute atomic E-state index is 12.5. The van der Waals surface area contributed by atoms with Crippen LogP contribution in [-0.4, -0.2) is 17.1 Å². The number of aliphatic carboxylic acids is 1. The lowest BCUT2D eigenvalue weighted by molar-refractivity contribution is -0.138. The number of carbonyl (C=O) groups is 1. The van der Waals surface area contributed by atoms with Gasteiger partial charge < -0.3 is 10.8 Å². The Bertz CT molecular complexity index is 340. The first kappa shape index (κ1) is 9.15. The highest BCUT2D eigenvalue weighted by Gasteiger charge is 2.11. The number of carboxylic acid groups (broad SMARTS) is 1. The number of rotatable bonds is 4. The molecule has 3 nitrogen and oxygen atoms in total. The number of alkyl halides is 1. The van der Waals surface area contributed by atoms with E-state index < -0.39 is 18.7 Å². The van der Waals surface area contributed by atoms with Crippen LogP contribution in [0.4, 0.5) is 4.39 Å². The molecule has 0 spiro atoms. The number of benzene rings is 1. The van der Waals surface area contributed by atoms with Crippen LogP contribution >= 0.6 is 0 Å². The van der Waals surface area contributed by atoms with Crippen molar-refractivity contribution in [1.82, 2.24) is 0 Å². The van der Waals surface area contributed by atoms with Crippen molar-refractivity contribution in [3.8, 4) is 0 Å². The molecule has 1 rings (SSSR count). The molecule has 14 heavy (non-hydrogen) atoms. The van der Waals surface area contributed by atoms with Crippen LogP contribution in [0.15, 0.2) is 24.3 Å². The van der Waals surface area contributed by atoms with Crippen LogP contribution in [0.5, 0.6) is 0 Å². The van der Waals surface area contributed by atoms with Crippen LogP contribution in [0.25, 0.3) is 0 Å². The molecule has 0 radical (unpaired) electrons. The molecule has 0 aromatic heterocycles. The Labute approximate surface area is 82.8 Å². The summed E-state index contributed by atoms with van der Waals surface area (Å²) in [6.45, 7) is -1.76. The summed E-state index contributed by atoms with van der Waals surface area (Å²) in [5.41, 5.74) is 6.31. The first-order valence-electron chi connectivity index (χ1n) is 4.72. The van der Waals surface area contributed by atoms with E-state index in [1.54, 1.807) is 12.1 Å². The van der Waals surface area contributed by atoms with Crippen molar-refractivity contribution in [2.45, 2.75) is 19.1 Å². The number of hydrogen-bond acceptors (Lipinski definition) is 2. The number of hydrogen-bond donors (Lipinski definition) is 2. The predicted molar refractivity (Wildman–Crippen MR) is 50.6 cm³/mol. The largest absolute Gasteiger partial charge is 0.480 e. The minimum atomic E-state index is -1.76. The average Bonchev–Trinajstić information content (AvgIpc) is 2.18.